The van der Waals surface area contributed by atoms with Crippen molar-refractivity contribution >= 4 is 10.0 Å². The van der Waals surface area contributed by atoms with Gasteiger partial charge in [-0.1, -0.05) is 23.4 Å². The summed E-state index contributed by atoms with van der Waals surface area (Å²) in [6.07, 6.45) is 0. The van der Waals surface area contributed by atoms with E-state index in [-0.39, 0.29) is 4.90 Å². The van der Waals surface area contributed by atoms with E-state index in [1.807, 2.05) is 0 Å². The van der Waals surface area contributed by atoms with Crippen LogP contribution in [0.2, 0.25) is 0 Å². The maximum absolute atomic E-state index is 11.4. The van der Waals surface area contributed by atoms with Crippen molar-refractivity contribution in [1.82, 2.24) is 5.16 Å². The molecular weight excluding hydrogens is 228 g/mol. The number of primary sulfonamides is 1. The van der Waals surface area contributed by atoms with E-state index in [4.69, 9.17) is 9.66 Å². The Morgan fingerprint density at radius 2 is 2.00 bits per heavy atom. The summed E-state index contributed by atoms with van der Waals surface area (Å²) in [5.74, 6) is 0.610. The van der Waals surface area contributed by atoms with Crippen LogP contribution in [-0.2, 0) is 10.0 Å². The molecule has 16 heavy (non-hydrogen) atoms. The van der Waals surface area contributed by atoms with Gasteiger partial charge in [-0.15, -0.1) is 0 Å². The van der Waals surface area contributed by atoms with Crippen LogP contribution in [0.15, 0.2) is 39.8 Å². The molecule has 2 N–H and O–H groups in total. The lowest BCUT2D eigenvalue weighted by atomic mass is 10.1. The van der Waals surface area contributed by atoms with Gasteiger partial charge in [-0.05, 0) is 13.0 Å². The average molecular weight is 238 g/mol. The molecule has 0 bridgehead atoms. The van der Waals surface area contributed by atoms with Crippen molar-refractivity contribution in [3.05, 3.63) is 36.1 Å². The van der Waals surface area contributed by atoms with Crippen molar-refractivity contribution in [2.45, 2.75) is 11.8 Å². The molecule has 0 fully saturated rings. The van der Waals surface area contributed by atoms with Crippen LogP contribution >= 0.6 is 0 Å². The molecule has 0 radical (unpaired) electrons. The van der Waals surface area contributed by atoms with Crippen LogP contribution in [0.3, 0.4) is 0 Å². The van der Waals surface area contributed by atoms with E-state index in [9.17, 15) is 8.42 Å². The lowest BCUT2D eigenvalue weighted by Crippen LogP contribution is -2.13. The van der Waals surface area contributed by atoms with Crippen molar-refractivity contribution in [3.63, 3.8) is 0 Å². The minimum atomic E-state index is -3.75. The maximum Gasteiger partial charge on any atom is 0.238 e. The minimum Gasteiger partial charge on any atom is -0.361 e. The molecule has 0 saturated carbocycles. The van der Waals surface area contributed by atoms with E-state index in [0.29, 0.717) is 17.0 Å². The molecule has 1 aromatic heterocycles. The van der Waals surface area contributed by atoms with Gasteiger partial charge in [-0.3, -0.25) is 0 Å². The second-order valence-electron chi connectivity index (χ2n) is 3.36. The van der Waals surface area contributed by atoms with E-state index in [0.717, 1.165) is 0 Å². The van der Waals surface area contributed by atoms with Crippen LogP contribution in [-0.4, -0.2) is 13.6 Å². The van der Waals surface area contributed by atoms with Crippen LogP contribution in [0.4, 0.5) is 0 Å². The lowest BCUT2D eigenvalue weighted by molar-refractivity contribution is 0.399. The number of benzene rings is 1. The molecule has 0 atom stereocenters. The molecule has 1 aromatic carbocycles. The molecule has 1 heterocycles. The Labute approximate surface area is 92.9 Å². The van der Waals surface area contributed by atoms with Crippen molar-refractivity contribution in [2.24, 2.45) is 5.14 Å². The lowest BCUT2D eigenvalue weighted by Gasteiger charge is -2.03. The smallest absolute Gasteiger partial charge is 0.238 e. The van der Waals surface area contributed by atoms with Gasteiger partial charge in [0.05, 0.1) is 4.90 Å². The Hall–Kier alpha value is -1.66. The molecule has 0 amide bonds. The first kappa shape index (κ1) is 10.8. The van der Waals surface area contributed by atoms with E-state index in [2.05, 4.69) is 5.16 Å². The van der Waals surface area contributed by atoms with E-state index in [1.54, 1.807) is 31.2 Å². The van der Waals surface area contributed by atoms with Gasteiger partial charge in [0.1, 0.15) is 11.5 Å². The van der Waals surface area contributed by atoms with Crippen molar-refractivity contribution in [1.29, 1.82) is 0 Å². The molecule has 2 rings (SSSR count). The Bertz CT molecular complexity index is 616. The normalized spacial score (nSPS) is 11.6. The summed E-state index contributed by atoms with van der Waals surface area (Å²) in [4.78, 5) is 0.0447. The standard InChI is InChI=1S/C10H10N2O3S/c1-7-6-9(12-15-7)8-4-2-3-5-10(8)16(11,13)14/h2-6H,1H3,(H2,11,13,14). The molecule has 84 valence electrons. The number of sulfonamides is 1. The minimum absolute atomic E-state index is 0.0447. The van der Waals surface area contributed by atoms with Gasteiger partial charge in [-0.2, -0.15) is 0 Å². The van der Waals surface area contributed by atoms with Crippen molar-refractivity contribution in [3.8, 4) is 11.3 Å². The third-order valence-electron chi connectivity index (χ3n) is 2.10. The highest BCUT2D eigenvalue weighted by Crippen LogP contribution is 2.25. The fraction of sp³-hybridized carbons (Fsp3) is 0.100. The van der Waals surface area contributed by atoms with Gasteiger partial charge in [0, 0.05) is 11.6 Å². The van der Waals surface area contributed by atoms with Crippen molar-refractivity contribution < 1.29 is 12.9 Å². The number of aromatic nitrogens is 1. The van der Waals surface area contributed by atoms with Gasteiger partial charge in [0.25, 0.3) is 0 Å². The molecular formula is C10H10N2O3S. The third kappa shape index (κ3) is 1.98. The number of aryl methyl sites for hydroxylation is 1. The maximum atomic E-state index is 11.4. The van der Waals surface area contributed by atoms with E-state index >= 15 is 0 Å². The topological polar surface area (TPSA) is 86.2 Å². The SMILES string of the molecule is Cc1cc(-c2ccccc2S(N)(=O)=O)no1. The van der Waals surface area contributed by atoms with Gasteiger partial charge < -0.3 is 4.52 Å². The summed E-state index contributed by atoms with van der Waals surface area (Å²) in [5, 5.41) is 8.88. The highest BCUT2D eigenvalue weighted by molar-refractivity contribution is 7.89. The second kappa shape index (κ2) is 3.73. The fourth-order valence-corrected chi connectivity index (χ4v) is 2.17. The second-order valence-corrected chi connectivity index (χ2v) is 4.89. The average Bonchev–Trinajstić information content (AvgIpc) is 2.64. The zero-order valence-corrected chi connectivity index (χ0v) is 9.36. The van der Waals surface area contributed by atoms with Gasteiger partial charge >= 0.3 is 0 Å². The van der Waals surface area contributed by atoms with Crippen molar-refractivity contribution in [2.75, 3.05) is 0 Å². The summed E-state index contributed by atoms with van der Waals surface area (Å²) < 4.78 is 27.6. The Kier molecular flexibility index (Phi) is 2.53. The molecule has 6 heteroatoms. The zero-order valence-electron chi connectivity index (χ0n) is 8.54. The van der Waals surface area contributed by atoms with Gasteiger partial charge in [0.2, 0.25) is 10.0 Å². The molecule has 0 aliphatic heterocycles. The zero-order chi connectivity index (χ0) is 11.8. The summed E-state index contributed by atoms with van der Waals surface area (Å²) in [6.45, 7) is 1.73. The first-order valence-corrected chi connectivity index (χ1v) is 6.08. The first-order valence-electron chi connectivity index (χ1n) is 4.54. The largest absolute Gasteiger partial charge is 0.361 e. The fourth-order valence-electron chi connectivity index (χ4n) is 1.42. The number of hydrogen-bond acceptors (Lipinski definition) is 4. The molecule has 0 spiro atoms. The van der Waals surface area contributed by atoms with Crippen LogP contribution in [0.25, 0.3) is 11.3 Å². The Morgan fingerprint density at radius 3 is 2.56 bits per heavy atom. The summed E-state index contributed by atoms with van der Waals surface area (Å²) in [6, 6.07) is 8.06. The highest BCUT2D eigenvalue weighted by atomic mass is 32.2. The number of rotatable bonds is 2. The highest BCUT2D eigenvalue weighted by Gasteiger charge is 2.16. The molecule has 5 nitrogen and oxygen atoms in total. The van der Waals surface area contributed by atoms with Gasteiger partial charge in [-0.25, -0.2) is 13.6 Å². The first-order chi connectivity index (χ1) is 7.48. The Morgan fingerprint density at radius 1 is 1.31 bits per heavy atom. The van der Waals surface area contributed by atoms with Crippen LogP contribution in [0.1, 0.15) is 5.76 Å². The molecule has 2 aromatic rings. The molecule has 0 aliphatic carbocycles. The number of nitrogens with two attached hydrogens (primary N) is 1. The van der Waals surface area contributed by atoms with Crippen LogP contribution < -0.4 is 5.14 Å². The van der Waals surface area contributed by atoms with Crippen LogP contribution in [0, 0.1) is 6.92 Å². The quantitative estimate of drug-likeness (QED) is 0.854. The summed E-state index contributed by atoms with van der Waals surface area (Å²) in [5.41, 5.74) is 0.906. The number of hydrogen-bond donors (Lipinski definition) is 1. The Balaban J connectivity index is 2.66. The summed E-state index contributed by atoms with van der Waals surface area (Å²) >= 11 is 0. The monoisotopic (exact) mass is 238 g/mol. The van der Waals surface area contributed by atoms with E-state index in [1.165, 1.54) is 6.07 Å². The predicted molar refractivity (Wildman–Crippen MR) is 58.0 cm³/mol. The number of nitrogens with zero attached hydrogens (tertiary/aromatic N) is 1. The third-order valence-corrected chi connectivity index (χ3v) is 3.07. The van der Waals surface area contributed by atoms with Crippen LogP contribution in [0.5, 0.6) is 0 Å². The predicted octanol–water partition coefficient (Wildman–Crippen LogP) is 1.30. The summed E-state index contributed by atoms with van der Waals surface area (Å²) in [7, 11) is -3.75. The van der Waals surface area contributed by atoms with E-state index < -0.39 is 10.0 Å². The molecule has 0 unspecified atom stereocenters. The molecule has 0 saturated heterocycles. The van der Waals surface area contributed by atoms with Gasteiger partial charge in [0.15, 0.2) is 0 Å². The molecule has 0 aliphatic rings.